The van der Waals surface area contributed by atoms with Crippen LogP contribution in [0, 0.1) is 17.8 Å². The number of hydrogen-bond acceptors (Lipinski definition) is 3. The highest BCUT2D eigenvalue weighted by molar-refractivity contribution is 5.91. The lowest BCUT2D eigenvalue weighted by molar-refractivity contribution is -0.0110. The zero-order valence-electron chi connectivity index (χ0n) is 22.5. The molecule has 3 aromatic carbocycles. The molecule has 5 aliphatic rings. The van der Waals surface area contributed by atoms with Crippen molar-refractivity contribution in [2.45, 2.75) is 76.4 Å². The summed E-state index contributed by atoms with van der Waals surface area (Å²) < 4.78 is 6.90. The van der Waals surface area contributed by atoms with Crippen molar-refractivity contribution in [1.29, 1.82) is 0 Å². The molecule has 1 N–H and O–H groups in total. The molecule has 0 amide bonds. The van der Waals surface area contributed by atoms with E-state index in [0.29, 0.717) is 5.56 Å². The number of nitrogens with zero attached hydrogens (tertiary/aromatic N) is 1. The number of likely N-dealkylation sites (tertiary alicyclic amines) is 1. The van der Waals surface area contributed by atoms with Crippen molar-refractivity contribution < 1.29 is 14.6 Å². The summed E-state index contributed by atoms with van der Waals surface area (Å²) in [5, 5.41) is 11.8. The molecule has 0 aromatic heterocycles. The molecule has 4 saturated carbocycles. The first kappa shape index (κ1) is 24.2. The van der Waals surface area contributed by atoms with Crippen molar-refractivity contribution in [1.82, 2.24) is 4.90 Å². The van der Waals surface area contributed by atoms with Crippen LogP contribution in [0.4, 0.5) is 0 Å². The van der Waals surface area contributed by atoms with Gasteiger partial charge in [-0.15, -0.1) is 0 Å². The fourth-order valence-electron chi connectivity index (χ4n) is 8.75. The predicted molar refractivity (Wildman–Crippen MR) is 152 cm³/mol. The van der Waals surface area contributed by atoms with Crippen LogP contribution < -0.4 is 4.74 Å². The molecule has 1 saturated heterocycles. The number of carboxylic acid groups (broad SMARTS) is 1. The van der Waals surface area contributed by atoms with E-state index in [2.05, 4.69) is 42.2 Å². The van der Waals surface area contributed by atoms with Crippen LogP contribution in [0.3, 0.4) is 0 Å². The summed E-state index contributed by atoms with van der Waals surface area (Å²) in [7, 11) is 0. The maximum Gasteiger partial charge on any atom is 0.335 e. The third-order valence-electron chi connectivity index (χ3n) is 10.2. The minimum atomic E-state index is -0.887. The van der Waals surface area contributed by atoms with Gasteiger partial charge >= 0.3 is 5.97 Å². The first-order chi connectivity index (χ1) is 18.5. The van der Waals surface area contributed by atoms with E-state index >= 15 is 0 Å². The van der Waals surface area contributed by atoms with E-state index in [-0.39, 0.29) is 11.6 Å². The van der Waals surface area contributed by atoms with Gasteiger partial charge in [-0.1, -0.05) is 30.7 Å². The highest BCUT2D eigenvalue weighted by Gasteiger charge is 2.52. The summed E-state index contributed by atoms with van der Waals surface area (Å²) in [6, 6.07) is 18.7. The molecular formula is C34H39NO3. The Labute approximate surface area is 226 Å². The number of rotatable bonds is 6. The molecule has 4 nitrogen and oxygen atoms in total. The minimum absolute atomic E-state index is 0.0902. The Morgan fingerprint density at radius 3 is 2.11 bits per heavy atom. The van der Waals surface area contributed by atoms with Crippen LogP contribution >= 0.6 is 0 Å². The van der Waals surface area contributed by atoms with Crippen LogP contribution in [0.1, 0.15) is 80.6 Å². The van der Waals surface area contributed by atoms with Crippen molar-refractivity contribution >= 4 is 16.7 Å². The SMILES string of the molecule is CC(Oc1cc2ccc(-c3ccc(C(=O)O)cc3)cc2cc1C12CC3CC(CC(C3)C1)C2)N1CCCCC1. The number of fused-ring (bicyclic) bond motifs is 1. The molecule has 0 radical (unpaired) electrons. The van der Waals surface area contributed by atoms with Crippen LogP contribution in [-0.4, -0.2) is 35.3 Å². The molecule has 4 aliphatic carbocycles. The largest absolute Gasteiger partial charge is 0.478 e. The summed E-state index contributed by atoms with van der Waals surface area (Å²) in [6.45, 7) is 4.50. The minimum Gasteiger partial charge on any atom is -0.478 e. The number of aromatic carboxylic acids is 1. The Balaban J connectivity index is 1.30. The number of carbonyl (C=O) groups is 1. The van der Waals surface area contributed by atoms with Gasteiger partial charge in [0.15, 0.2) is 0 Å². The number of hydrogen-bond donors (Lipinski definition) is 1. The first-order valence-corrected chi connectivity index (χ1v) is 14.8. The number of benzene rings is 3. The van der Waals surface area contributed by atoms with Gasteiger partial charge in [-0.05, 0) is 134 Å². The average molecular weight is 510 g/mol. The quantitative estimate of drug-likeness (QED) is 0.367. The fraction of sp³-hybridized carbons (Fsp3) is 0.500. The lowest BCUT2D eigenvalue weighted by Gasteiger charge is -2.57. The first-order valence-electron chi connectivity index (χ1n) is 14.8. The Morgan fingerprint density at radius 1 is 0.842 bits per heavy atom. The number of carboxylic acids is 1. The van der Waals surface area contributed by atoms with Crippen molar-refractivity contribution in [3.63, 3.8) is 0 Å². The van der Waals surface area contributed by atoms with Gasteiger partial charge in [-0.25, -0.2) is 4.79 Å². The maximum atomic E-state index is 11.3. The van der Waals surface area contributed by atoms with E-state index in [1.54, 1.807) is 12.1 Å². The van der Waals surface area contributed by atoms with Crippen LogP contribution in [0.25, 0.3) is 21.9 Å². The number of piperidine rings is 1. The van der Waals surface area contributed by atoms with Crippen LogP contribution in [0.2, 0.25) is 0 Å². The molecule has 38 heavy (non-hydrogen) atoms. The fourth-order valence-corrected chi connectivity index (χ4v) is 8.75. The molecular weight excluding hydrogens is 470 g/mol. The Morgan fingerprint density at radius 2 is 1.47 bits per heavy atom. The van der Waals surface area contributed by atoms with Gasteiger partial charge in [0, 0.05) is 18.7 Å². The smallest absolute Gasteiger partial charge is 0.335 e. The Hall–Kier alpha value is -2.85. The molecule has 4 heteroatoms. The number of ether oxygens (including phenoxy) is 1. The molecule has 8 rings (SSSR count). The maximum absolute atomic E-state index is 11.3. The van der Waals surface area contributed by atoms with Gasteiger partial charge in [-0.2, -0.15) is 0 Å². The molecule has 3 aromatic rings. The molecule has 1 heterocycles. The zero-order valence-corrected chi connectivity index (χ0v) is 22.5. The molecule has 4 bridgehead atoms. The predicted octanol–water partition coefficient (Wildman–Crippen LogP) is 7.88. The van der Waals surface area contributed by atoms with Crippen molar-refractivity contribution in [3.05, 3.63) is 65.7 Å². The summed E-state index contributed by atoms with van der Waals surface area (Å²) in [6.07, 6.45) is 12.2. The van der Waals surface area contributed by atoms with E-state index in [4.69, 9.17) is 4.74 Å². The Bertz CT molecular complexity index is 1320. The summed E-state index contributed by atoms with van der Waals surface area (Å²) in [5.41, 5.74) is 4.20. The standard InChI is InChI=1S/C34H39NO3/c1-22(35-11-3-2-4-12-35)38-32-18-29-10-9-28(26-5-7-27(8-6-26)33(36)37)16-30(29)17-31(32)34-19-23-13-24(20-34)15-25(14-23)21-34/h5-10,16-18,22-25H,2-4,11-15,19-21H2,1H3,(H,36,37). The average Bonchev–Trinajstić information content (AvgIpc) is 2.92. The molecule has 5 fully saturated rings. The molecule has 198 valence electrons. The summed E-state index contributed by atoms with van der Waals surface area (Å²) >= 11 is 0. The molecule has 1 aliphatic heterocycles. The highest BCUT2D eigenvalue weighted by atomic mass is 16.5. The van der Waals surface area contributed by atoms with Gasteiger partial charge in [0.2, 0.25) is 0 Å². The van der Waals surface area contributed by atoms with Crippen LogP contribution in [0.5, 0.6) is 5.75 Å². The van der Waals surface area contributed by atoms with Gasteiger partial charge in [0.25, 0.3) is 0 Å². The third-order valence-corrected chi connectivity index (χ3v) is 10.2. The van der Waals surface area contributed by atoms with E-state index in [0.717, 1.165) is 47.7 Å². The van der Waals surface area contributed by atoms with Gasteiger partial charge < -0.3 is 9.84 Å². The van der Waals surface area contributed by atoms with E-state index in [1.807, 2.05) is 12.1 Å². The van der Waals surface area contributed by atoms with Crippen LogP contribution in [0.15, 0.2) is 54.6 Å². The van der Waals surface area contributed by atoms with Crippen molar-refractivity contribution in [3.8, 4) is 16.9 Å². The molecule has 1 unspecified atom stereocenters. The van der Waals surface area contributed by atoms with E-state index < -0.39 is 5.97 Å². The van der Waals surface area contributed by atoms with Crippen molar-refractivity contribution in [2.24, 2.45) is 17.8 Å². The topological polar surface area (TPSA) is 49.8 Å². The lowest BCUT2D eigenvalue weighted by Crippen LogP contribution is -2.49. The van der Waals surface area contributed by atoms with E-state index in [1.165, 1.54) is 74.1 Å². The second kappa shape index (κ2) is 9.41. The van der Waals surface area contributed by atoms with Crippen molar-refractivity contribution in [2.75, 3.05) is 13.1 Å². The van der Waals surface area contributed by atoms with Gasteiger partial charge in [0.05, 0.1) is 5.56 Å². The summed E-state index contributed by atoms with van der Waals surface area (Å²) in [4.78, 5) is 13.8. The lowest BCUT2D eigenvalue weighted by atomic mass is 9.48. The third kappa shape index (κ3) is 4.31. The second-order valence-corrected chi connectivity index (χ2v) is 12.8. The monoisotopic (exact) mass is 509 g/mol. The summed E-state index contributed by atoms with van der Waals surface area (Å²) in [5.74, 6) is 2.85. The second-order valence-electron chi connectivity index (χ2n) is 12.8. The highest BCUT2D eigenvalue weighted by Crippen LogP contribution is 2.62. The zero-order chi connectivity index (χ0) is 25.9. The molecule has 1 atom stereocenters. The normalized spacial score (nSPS) is 29.4. The van der Waals surface area contributed by atoms with Crippen LogP contribution in [-0.2, 0) is 5.41 Å². The van der Waals surface area contributed by atoms with Gasteiger partial charge in [0.1, 0.15) is 12.0 Å². The van der Waals surface area contributed by atoms with E-state index in [9.17, 15) is 9.90 Å². The van der Waals surface area contributed by atoms with Gasteiger partial charge in [-0.3, -0.25) is 4.90 Å². The Kier molecular flexibility index (Phi) is 6.00. The molecule has 0 spiro atoms.